The van der Waals surface area contributed by atoms with E-state index < -0.39 is 17.8 Å². The molecule has 0 spiro atoms. The summed E-state index contributed by atoms with van der Waals surface area (Å²) in [5, 5.41) is 6.46. The van der Waals surface area contributed by atoms with E-state index in [1.54, 1.807) is 60.7 Å². The molecule has 0 bridgehead atoms. The van der Waals surface area contributed by atoms with Gasteiger partial charge in [0.25, 0.3) is 0 Å². The molecule has 0 aliphatic carbocycles. The SMILES string of the molecule is CCOc1ccc(C(=O)Oc2ccc(C=NNC(=O)C(=O)Nc3cccc(Cl)c3Cl)cc2)cc1. The highest BCUT2D eigenvalue weighted by Crippen LogP contribution is 2.29. The molecule has 2 amide bonds. The highest BCUT2D eigenvalue weighted by Gasteiger charge is 2.15. The van der Waals surface area contributed by atoms with E-state index >= 15 is 0 Å². The summed E-state index contributed by atoms with van der Waals surface area (Å²) in [5.74, 6) is -1.47. The number of anilines is 1. The average Bonchev–Trinajstić information content (AvgIpc) is 2.83. The molecule has 3 rings (SSSR count). The molecular weight excluding hydrogens is 481 g/mol. The lowest BCUT2D eigenvalue weighted by molar-refractivity contribution is -0.136. The molecule has 0 unspecified atom stereocenters. The molecule has 0 aliphatic rings. The fourth-order valence-electron chi connectivity index (χ4n) is 2.64. The minimum atomic E-state index is -0.992. The Bertz CT molecular complexity index is 1210. The number of halogens is 2. The van der Waals surface area contributed by atoms with Crippen molar-refractivity contribution in [3.63, 3.8) is 0 Å². The Kier molecular flexibility index (Phi) is 8.61. The summed E-state index contributed by atoms with van der Waals surface area (Å²) in [6.45, 7) is 2.41. The first-order valence-corrected chi connectivity index (χ1v) is 10.8. The van der Waals surface area contributed by atoms with Crippen LogP contribution in [0.1, 0.15) is 22.8 Å². The lowest BCUT2D eigenvalue weighted by atomic mass is 10.2. The number of nitrogens with zero attached hydrogens (tertiary/aromatic N) is 1. The monoisotopic (exact) mass is 499 g/mol. The summed E-state index contributed by atoms with van der Waals surface area (Å²) in [5.41, 5.74) is 3.30. The second-order valence-electron chi connectivity index (χ2n) is 6.67. The molecule has 0 atom stereocenters. The maximum Gasteiger partial charge on any atom is 0.343 e. The van der Waals surface area contributed by atoms with E-state index in [0.29, 0.717) is 29.2 Å². The van der Waals surface area contributed by atoms with Crippen LogP contribution in [0.2, 0.25) is 10.0 Å². The Morgan fingerprint density at radius 2 is 1.59 bits per heavy atom. The number of esters is 1. The third-order valence-electron chi connectivity index (χ3n) is 4.28. The minimum absolute atomic E-state index is 0.122. The van der Waals surface area contributed by atoms with E-state index in [1.165, 1.54) is 12.3 Å². The Morgan fingerprint density at radius 1 is 0.912 bits per heavy atom. The molecule has 0 aromatic heterocycles. The van der Waals surface area contributed by atoms with Crippen LogP contribution >= 0.6 is 23.2 Å². The van der Waals surface area contributed by atoms with Crippen molar-refractivity contribution in [3.05, 3.63) is 87.9 Å². The fraction of sp³-hybridized carbons (Fsp3) is 0.0833. The first-order valence-electron chi connectivity index (χ1n) is 10.0. The number of nitrogens with one attached hydrogen (secondary N) is 2. The van der Waals surface area contributed by atoms with Gasteiger partial charge < -0.3 is 14.8 Å². The van der Waals surface area contributed by atoms with Gasteiger partial charge in [-0.1, -0.05) is 29.3 Å². The van der Waals surface area contributed by atoms with Crippen LogP contribution < -0.4 is 20.2 Å². The van der Waals surface area contributed by atoms with Crippen molar-refractivity contribution in [2.24, 2.45) is 5.10 Å². The molecule has 174 valence electrons. The third-order valence-corrected chi connectivity index (χ3v) is 5.10. The first kappa shape index (κ1) is 24.8. The molecule has 10 heteroatoms. The van der Waals surface area contributed by atoms with E-state index in [0.717, 1.165) is 0 Å². The van der Waals surface area contributed by atoms with Crippen molar-refractivity contribution >= 4 is 52.9 Å². The normalized spacial score (nSPS) is 10.6. The van der Waals surface area contributed by atoms with Crippen LogP contribution in [-0.2, 0) is 9.59 Å². The molecular formula is C24H19Cl2N3O5. The van der Waals surface area contributed by atoms with Gasteiger partial charge in [0.1, 0.15) is 11.5 Å². The van der Waals surface area contributed by atoms with Crippen molar-refractivity contribution < 1.29 is 23.9 Å². The van der Waals surface area contributed by atoms with Crippen molar-refractivity contribution in [3.8, 4) is 11.5 Å². The molecule has 8 nitrogen and oxygen atoms in total. The molecule has 34 heavy (non-hydrogen) atoms. The summed E-state index contributed by atoms with van der Waals surface area (Å²) < 4.78 is 10.7. The standard InChI is InChI=1S/C24H19Cl2N3O5/c1-2-33-17-12-8-16(9-13-17)24(32)34-18-10-6-15(7-11-18)14-27-29-23(31)22(30)28-20-5-3-4-19(25)21(20)26/h3-14H,2H2,1H3,(H,28,30)(H,29,31). The van der Waals surface area contributed by atoms with E-state index in [4.69, 9.17) is 32.7 Å². The number of amides is 2. The van der Waals surface area contributed by atoms with Gasteiger partial charge in [-0.05, 0) is 73.2 Å². The zero-order valence-electron chi connectivity index (χ0n) is 17.9. The highest BCUT2D eigenvalue weighted by molar-refractivity contribution is 6.45. The van der Waals surface area contributed by atoms with Gasteiger partial charge in [0.2, 0.25) is 0 Å². The summed E-state index contributed by atoms with van der Waals surface area (Å²) in [4.78, 5) is 36.2. The van der Waals surface area contributed by atoms with Gasteiger partial charge in [-0.25, -0.2) is 10.2 Å². The van der Waals surface area contributed by atoms with Gasteiger partial charge >= 0.3 is 17.8 Å². The van der Waals surface area contributed by atoms with Crippen LogP contribution in [0.4, 0.5) is 5.69 Å². The summed E-state index contributed by atoms with van der Waals surface area (Å²) in [6.07, 6.45) is 1.33. The highest BCUT2D eigenvalue weighted by atomic mass is 35.5. The number of carbonyl (C=O) groups excluding carboxylic acids is 3. The molecule has 0 saturated carbocycles. The minimum Gasteiger partial charge on any atom is -0.494 e. The van der Waals surface area contributed by atoms with Gasteiger partial charge in [0.15, 0.2) is 0 Å². The average molecular weight is 500 g/mol. The summed E-state index contributed by atoms with van der Waals surface area (Å²) >= 11 is 11.9. The van der Waals surface area contributed by atoms with E-state index in [-0.39, 0.29) is 15.7 Å². The number of benzene rings is 3. The van der Waals surface area contributed by atoms with Crippen LogP contribution in [-0.4, -0.2) is 30.6 Å². The molecule has 0 saturated heterocycles. The number of rotatable bonds is 7. The van der Waals surface area contributed by atoms with Gasteiger partial charge in [0, 0.05) is 0 Å². The maximum absolute atomic E-state index is 12.3. The largest absolute Gasteiger partial charge is 0.494 e. The smallest absolute Gasteiger partial charge is 0.343 e. The molecule has 0 heterocycles. The molecule has 0 fully saturated rings. The Labute approximate surface area is 205 Å². The number of ether oxygens (including phenoxy) is 2. The topological polar surface area (TPSA) is 106 Å². The van der Waals surface area contributed by atoms with Crippen molar-refractivity contribution in [2.45, 2.75) is 6.92 Å². The second-order valence-corrected chi connectivity index (χ2v) is 7.46. The van der Waals surface area contributed by atoms with Crippen molar-refractivity contribution in [1.29, 1.82) is 0 Å². The lowest BCUT2D eigenvalue weighted by Crippen LogP contribution is -2.32. The van der Waals surface area contributed by atoms with Crippen LogP contribution in [0.3, 0.4) is 0 Å². The van der Waals surface area contributed by atoms with Gasteiger partial charge in [-0.3, -0.25) is 9.59 Å². The first-order chi connectivity index (χ1) is 16.4. The second kappa shape index (κ2) is 11.8. The maximum atomic E-state index is 12.3. The van der Waals surface area contributed by atoms with Crippen LogP contribution in [0, 0.1) is 0 Å². The van der Waals surface area contributed by atoms with Crippen LogP contribution in [0.15, 0.2) is 71.8 Å². The zero-order valence-corrected chi connectivity index (χ0v) is 19.4. The third kappa shape index (κ3) is 6.81. The lowest BCUT2D eigenvalue weighted by Gasteiger charge is -2.07. The van der Waals surface area contributed by atoms with Crippen molar-refractivity contribution in [2.75, 3.05) is 11.9 Å². The molecule has 0 radical (unpaired) electrons. The van der Waals surface area contributed by atoms with Gasteiger partial charge in [0.05, 0.1) is 34.1 Å². The van der Waals surface area contributed by atoms with Gasteiger partial charge in [-0.15, -0.1) is 0 Å². The zero-order chi connectivity index (χ0) is 24.5. The Morgan fingerprint density at radius 3 is 2.26 bits per heavy atom. The fourth-order valence-corrected chi connectivity index (χ4v) is 2.99. The van der Waals surface area contributed by atoms with E-state index in [9.17, 15) is 14.4 Å². The quantitative estimate of drug-likeness (QED) is 0.161. The number of hydrazone groups is 1. The summed E-state index contributed by atoms with van der Waals surface area (Å²) in [7, 11) is 0. The number of hydrogen-bond donors (Lipinski definition) is 2. The molecule has 3 aromatic carbocycles. The molecule has 3 aromatic rings. The van der Waals surface area contributed by atoms with E-state index in [1.807, 2.05) is 6.92 Å². The predicted octanol–water partition coefficient (Wildman–Crippen LogP) is 4.70. The molecule has 2 N–H and O–H groups in total. The number of hydrogen-bond acceptors (Lipinski definition) is 6. The summed E-state index contributed by atoms with van der Waals surface area (Å²) in [6, 6.07) is 17.7. The van der Waals surface area contributed by atoms with Crippen molar-refractivity contribution in [1.82, 2.24) is 5.43 Å². The predicted molar refractivity (Wildman–Crippen MR) is 130 cm³/mol. The Hall–Kier alpha value is -3.88. The van der Waals surface area contributed by atoms with Gasteiger partial charge in [-0.2, -0.15) is 5.10 Å². The van der Waals surface area contributed by atoms with Crippen LogP contribution in [0.5, 0.6) is 11.5 Å². The van der Waals surface area contributed by atoms with Crippen LogP contribution in [0.25, 0.3) is 0 Å². The molecule has 0 aliphatic heterocycles. The van der Waals surface area contributed by atoms with E-state index in [2.05, 4.69) is 15.8 Å². The Balaban J connectivity index is 1.51. The number of carbonyl (C=O) groups is 3.